The van der Waals surface area contributed by atoms with Crippen molar-refractivity contribution in [3.05, 3.63) is 98.0 Å². The molecule has 7 heteroatoms. The lowest BCUT2D eigenvalue weighted by atomic mass is 10.1. The summed E-state index contributed by atoms with van der Waals surface area (Å²) in [7, 11) is 0. The first-order chi connectivity index (χ1) is 14.9. The number of nitrogens with one attached hydrogen (secondary N) is 1. The van der Waals surface area contributed by atoms with Crippen LogP contribution in [-0.4, -0.2) is 5.91 Å². The zero-order chi connectivity index (χ0) is 22.4. The number of hydrogen-bond donors (Lipinski definition) is 1. The molecule has 0 unspecified atom stereocenters. The van der Waals surface area contributed by atoms with E-state index in [1.54, 1.807) is 36.4 Å². The Kier molecular flexibility index (Phi) is 7.59. The van der Waals surface area contributed by atoms with Crippen LogP contribution in [0.4, 0.5) is 5.69 Å². The molecule has 0 fully saturated rings. The molecule has 0 aliphatic rings. The fourth-order valence-electron chi connectivity index (χ4n) is 2.84. The van der Waals surface area contributed by atoms with Crippen molar-refractivity contribution in [3.8, 4) is 11.8 Å². The molecule has 1 amide bonds. The van der Waals surface area contributed by atoms with E-state index < -0.39 is 5.91 Å². The summed E-state index contributed by atoms with van der Waals surface area (Å²) in [6.07, 6.45) is 1.40. The molecule has 0 aromatic heterocycles. The van der Waals surface area contributed by atoms with Crippen LogP contribution in [0.5, 0.6) is 5.75 Å². The van der Waals surface area contributed by atoms with Gasteiger partial charge in [-0.15, -0.1) is 0 Å². The number of amides is 1. The van der Waals surface area contributed by atoms with E-state index in [0.29, 0.717) is 28.6 Å². The summed E-state index contributed by atoms with van der Waals surface area (Å²) in [6.45, 7) is 2.31. The van der Waals surface area contributed by atoms with Crippen molar-refractivity contribution in [1.29, 1.82) is 5.26 Å². The first-order valence-electron chi connectivity index (χ1n) is 9.22. The molecule has 156 valence electrons. The summed E-state index contributed by atoms with van der Waals surface area (Å²) in [5.41, 5.74) is 2.98. The van der Waals surface area contributed by atoms with Crippen LogP contribution in [0.3, 0.4) is 0 Å². The number of benzene rings is 3. The molecular formula is C24H17Cl3N2O2. The molecule has 0 saturated carbocycles. The van der Waals surface area contributed by atoms with Gasteiger partial charge in [-0.1, -0.05) is 70.7 Å². The van der Waals surface area contributed by atoms with E-state index in [4.69, 9.17) is 39.5 Å². The van der Waals surface area contributed by atoms with Crippen LogP contribution in [0.1, 0.15) is 16.7 Å². The zero-order valence-corrected chi connectivity index (χ0v) is 18.7. The van der Waals surface area contributed by atoms with Crippen molar-refractivity contribution in [2.75, 3.05) is 5.32 Å². The topological polar surface area (TPSA) is 62.1 Å². The lowest BCUT2D eigenvalue weighted by molar-refractivity contribution is -0.112. The van der Waals surface area contributed by atoms with Gasteiger partial charge in [0.2, 0.25) is 0 Å². The van der Waals surface area contributed by atoms with Crippen LogP contribution in [0.25, 0.3) is 6.08 Å². The molecule has 0 heterocycles. The van der Waals surface area contributed by atoms with Crippen molar-refractivity contribution in [1.82, 2.24) is 0 Å². The standard InChI is InChI=1S/C24H17Cl3N2O2/c1-15-4-2-5-16(8-15)14-31-23-21(26)10-17(11-22(23)27)9-18(13-28)24(30)29-20-7-3-6-19(25)12-20/h2-12H,14H2,1H3,(H,29,30)/b18-9+. The highest BCUT2D eigenvalue weighted by Crippen LogP contribution is 2.35. The average Bonchev–Trinajstić information content (AvgIpc) is 2.71. The number of rotatable bonds is 6. The molecule has 0 aliphatic heterocycles. The Morgan fingerprint density at radius 3 is 2.42 bits per heavy atom. The summed E-state index contributed by atoms with van der Waals surface area (Å²) in [5.74, 6) is -0.235. The van der Waals surface area contributed by atoms with Gasteiger partial charge in [-0.05, 0) is 54.5 Å². The normalized spacial score (nSPS) is 11.0. The van der Waals surface area contributed by atoms with Crippen LogP contribution in [0.15, 0.2) is 66.2 Å². The molecule has 0 bridgehead atoms. The smallest absolute Gasteiger partial charge is 0.266 e. The van der Waals surface area contributed by atoms with Gasteiger partial charge in [0.15, 0.2) is 5.75 Å². The average molecular weight is 472 g/mol. The summed E-state index contributed by atoms with van der Waals surface area (Å²) in [5, 5.41) is 13.1. The molecule has 3 rings (SSSR count). The third-order valence-corrected chi connectivity index (χ3v) is 5.04. The number of carbonyl (C=O) groups is 1. The fourth-order valence-corrected chi connectivity index (χ4v) is 3.64. The maximum absolute atomic E-state index is 12.4. The third-order valence-electron chi connectivity index (χ3n) is 4.24. The van der Waals surface area contributed by atoms with Gasteiger partial charge in [-0.2, -0.15) is 5.26 Å². The van der Waals surface area contributed by atoms with Crippen LogP contribution < -0.4 is 10.1 Å². The highest BCUT2D eigenvalue weighted by molar-refractivity contribution is 6.37. The highest BCUT2D eigenvalue weighted by atomic mass is 35.5. The maximum atomic E-state index is 12.4. The van der Waals surface area contributed by atoms with E-state index in [1.807, 2.05) is 37.3 Å². The number of ether oxygens (including phenoxy) is 1. The zero-order valence-electron chi connectivity index (χ0n) is 16.5. The molecule has 0 radical (unpaired) electrons. The van der Waals surface area contributed by atoms with Crippen LogP contribution >= 0.6 is 34.8 Å². The Morgan fingerprint density at radius 2 is 1.77 bits per heavy atom. The predicted octanol–water partition coefficient (Wildman–Crippen LogP) is 7.08. The first kappa shape index (κ1) is 22.7. The third kappa shape index (κ3) is 6.26. The summed E-state index contributed by atoms with van der Waals surface area (Å²) in [4.78, 5) is 12.4. The minimum absolute atomic E-state index is 0.111. The number of nitriles is 1. The molecule has 3 aromatic rings. The Morgan fingerprint density at radius 1 is 1.06 bits per heavy atom. The Bertz CT molecular complexity index is 1180. The lowest BCUT2D eigenvalue weighted by Crippen LogP contribution is -2.13. The van der Waals surface area contributed by atoms with Crippen molar-refractivity contribution >= 4 is 52.5 Å². The molecule has 4 nitrogen and oxygen atoms in total. The predicted molar refractivity (Wildman–Crippen MR) is 126 cm³/mol. The van der Waals surface area contributed by atoms with Gasteiger partial charge < -0.3 is 10.1 Å². The van der Waals surface area contributed by atoms with Crippen LogP contribution in [0.2, 0.25) is 15.1 Å². The number of hydrogen-bond acceptors (Lipinski definition) is 3. The van der Waals surface area contributed by atoms with Crippen molar-refractivity contribution in [2.45, 2.75) is 13.5 Å². The second-order valence-corrected chi connectivity index (χ2v) is 7.98. The molecular weight excluding hydrogens is 455 g/mol. The number of halogens is 3. The number of anilines is 1. The fraction of sp³-hybridized carbons (Fsp3) is 0.0833. The monoisotopic (exact) mass is 470 g/mol. The van der Waals surface area contributed by atoms with E-state index in [2.05, 4.69) is 5.32 Å². The first-order valence-corrected chi connectivity index (χ1v) is 10.3. The van der Waals surface area contributed by atoms with Crippen LogP contribution in [-0.2, 0) is 11.4 Å². The molecule has 0 saturated heterocycles. The van der Waals surface area contributed by atoms with Gasteiger partial charge in [0.25, 0.3) is 5.91 Å². The van der Waals surface area contributed by atoms with Gasteiger partial charge in [-0.3, -0.25) is 4.79 Å². The molecule has 0 aliphatic carbocycles. The van der Waals surface area contributed by atoms with Gasteiger partial charge in [-0.25, -0.2) is 0 Å². The Balaban J connectivity index is 1.77. The second kappa shape index (κ2) is 10.4. The minimum atomic E-state index is -0.572. The largest absolute Gasteiger partial charge is 0.486 e. The number of aryl methyl sites for hydroxylation is 1. The summed E-state index contributed by atoms with van der Waals surface area (Å²) in [6, 6.07) is 19.6. The van der Waals surface area contributed by atoms with Gasteiger partial charge in [0.1, 0.15) is 18.2 Å². The molecule has 3 aromatic carbocycles. The van der Waals surface area contributed by atoms with E-state index in [1.165, 1.54) is 6.08 Å². The van der Waals surface area contributed by atoms with E-state index in [-0.39, 0.29) is 15.6 Å². The Hall–Kier alpha value is -2.97. The van der Waals surface area contributed by atoms with E-state index >= 15 is 0 Å². The second-order valence-electron chi connectivity index (χ2n) is 6.73. The van der Waals surface area contributed by atoms with Gasteiger partial charge >= 0.3 is 0 Å². The SMILES string of the molecule is Cc1cccc(COc2c(Cl)cc(/C=C(\C#N)C(=O)Nc3cccc(Cl)c3)cc2Cl)c1. The van der Waals surface area contributed by atoms with Gasteiger partial charge in [0, 0.05) is 10.7 Å². The quantitative estimate of drug-likeness (QED) is 0.308. The van der Waals surface area contributed by atoms with E-state index in [0.717, 1.165) is 11.1 Å². The maximum Gasteiger partial charge on any atom is 0.266 e. The Labute approximate surface area is 195 Å². The highest BCUT2D eigenvalue weighted by Gasteiger charge is 2.13. The van der Waals surface area contributed by atoms with Crippen molar-refractivity contribution in [2.24, 2.45) is 0 Å². The van der Waals surface area contributed by atoms with Crippen LogP contribution in [0, 0.1) is 18.3 Å². The summed E-state index contributed by atoms with van der Waals surface area (Å²) >= 11 is 18.6. The van der Waals surface area contributed by atoms with Crippen molar-refractivity contribution < 1.29 is 9.53 Å². The number of nitrogens with zero attached hydrogens (tertiary/aromatic N) is 1. The summed E-state index contributed by atoms with van der Waals surface area (Å²) < 4.78 is 5.79. The van der Waals surface area contributed by atoms with Crippen molar-refractivity contribution in [3.63, 3.8) is 0 Å². The molecule has 31 heavy (non-hydrogen) atoms. The number of carbonyl (C=O) groups excluding carboxylic acids is 1. The van der Waals surface area contributed by atoms with Gasteiger partial charge in [0.05, 0.1) is 10.0 Å². The molecule has 0 atom stereocenters. The molecule has 1 N–H and O–H groups in total. The molecule has 0 spiro atoms. The van der Waals surface area contributed by atoms with E-state index in [9.17, 15) is 10.1 Å². The lowest BCUT2D eigenvalue weighted by Gasteiger charge is -2.11. The minimum Gasteiger partial charge on any atom is -0.486 e.